The van der Waals surface area contributed by atoms with Crippen LogP contribution in [0, 0.1) is 0 Å². The Labute approximate surface area is 170 Å². The van der Waals surface area contributed by atoms with Crippen LogP contribution >= 0.6 is 0 Å². The van der Waals surface area contributed by atoms with Crippen molar-refractivity contribution in [3.63, 3.8) is 0 Å². The van der Waals surface area contributed by atoms with Crippen LogP contribution in [0.25, 0.3) is 11.1 Å². The van der Waals surface area contributed by atoms with Crippen molar-refractivity contribution in [3.8, 4) is 11.1 Å². The molecule has 2 fully saturated rings. The molecular formula is C24H25N3O2. The molecule has 1 saturated heterocycles. The second-order valence-electron chi connectivity index (χ2n) is 8.14. The van der Waals surface area contributed by atoms with E-state index in [4.69, 9.17) is 0 Å². The predicted octanol–water partition coefficient (Wildman–Crippen LogP) is 4.08. The van der Waals surface area contributed by atoms with E-state index < -0.39 is 0 Å². The summed E-state index contributed by atoms with van der Waals surface area (Å²) in [4.78, 5) is 14.5. The SMILES string of the molecule is O=C(c1ccn[nH]1)N1CCC(c2ccc(-c3ccccc3C3CC3)cc2CO)C1. The van der Waals surface area contributed by atoms with Gasteiger partial charge in [0.25, 0.3) is 5.91 Å². The van der Waals surface area contributed by atoms with Gasteiger partial charge < -0.3 is 10.0 Å². The maximum atomic E-state index is 12.6. The summed E-state index contributed by atoms with van der Waals surface area (Å²) in [6, 6.07) is 16.8. The molecule has 5 nitrogen and oxygen atoms in total. The molecule has 1 aliphatic carbocycles. The number of aromatic nitrogens is 2. The van der Waals surface area contributed by atoms with Gasteiger partial charge in [0.15, 0.2) is 0 Å². The first-order chi connectivity index (χ1) is 14.2. The molecule has 2 aliphatic rings. The van der Waals surface area contributed by atoms with Crippen LogP contribution < -0.4 is 0 Å². The molecule has 2 aromatic carbocycles. The lowest BCUT2D eigenvalue weighted by atomic mass is 9.89. The molecule has 1 saturated carbocycles. The Balaban J connectivity index is 1.40. The summed E-state index contributed by atoms with van der Waals surface area (Å²) in [5.41, 5.74) is 6.51. The van der Waals surface area contributed by atoms with Crippen LogP contribution in [0.1, 0.15) is 58.3 Å². The van der Waals surface area contributed by atoms with Crippen LogP contribution in [-0.2, 0) is 6.61 Å². The Hall–Kier alpha value is -2.92. The molecule has 29 heavy (non-hydrogen) atoms. The van der Waals surface area contributed by atoms with Crippen molar-refractivity contribution >= 4 is 5.91 Å². The third-order valence-electron chi connectivity index (χ3n) is 6.25. The molecule has 3 aromatic rings. The Kier molecular flexibility index (Phi) is 4.68. The van der Waals surface area contributed by atoms with Crippen molar-refractivity contribution in [1.82, 2.24) is 15.1 Å². The van der Waals surface area contributed by atoms with E-state index in [1.54, 1.807) is 12.3 Å². The van der Waals surface area contributed by atoms with Crippen molar-refractivity contribution < 1.29 is 9.90 Å². The number of H-pyrrole nitrogens is 1. The van der Waals surface area contributed by atoms with Crippen molar-refractivity contribution in [3.05, 3.63) is 77.1 Å². The lowest BCUT2D eigenvalue weighted by molar-refractivity contribution is 0.0785. The fourth-order valence-corrected chi connectivity index (χ4v) is 4.56. The number of carbonyl (C=O) groups is 1. The normalized spacial score (nSPS) is 18.9. The monoisotopic (exact) mass is 387 g/mol. The van der Waals surface area contributed by atoms with Gasteiger partial charge in [-0.1, -0.05) is 36.4 Å². The standard InChI is InChI=1S/C24H25N3O2/c28-15-19-13-17(22-4-2-1-3-21(22)16-5-6-16)7-8-20(19)18-10-12-27(14-18)24(29)23-9-11-25-26-23/h1-4,7-9,11,13,16,18,28H,5-6,10,12,14-15H2,(H,25,26). The van der Waals surface area contributed by atoms with E-state index in [0.29, 0.717) is 18.2 Å². The van der Waals surface area contributed by atoms with Gasteiger partial charge in [0.1, 0.15) is 5.69 Å². The minimum atomic E-state index is -0.00877. The highest BCUT2D eigenvalue weighted by Gasteiger charge is 2.30. The average molecular weight is 387 g/mol. The Morgan fingerprint density at radius 2 is 1.93 bits per heavy atom. The number of aromatic amines is 1. The molecule has 0 spiro atoms. The van der Waals surface area contributed by atoms with Crippen LogP contribution in [0.4, 0.5) is 0 Å². The number of rotatable bonds is 5. The Morgan fingerprint density at radius 3 is 2.69 bits per heavy atom. The van der Waals surface area contributed by atoms with E-state index >= 15 is 0 Å². The molecule has 0 radical (unpaired) electrons. The molecule has 1 unspecified atom stereocenters. The maximum absolute atomic E-state index is 12.6. The summed E-state index contributed by atoms with van der Waals surface area (Å²) in [5.74, 6) is 0.919. The van der Waals surface area contributed by atoms with E-state index in [1.807, 2.05) is 4.90 Å². The molecule has 1 amide bonds. The molecule has 1 aliphatic heterocycles. The van der Waals surface area contributed by atoms with Crippen LogP contribution in [0.2, 0.25) is 0 Å². The third kappa shape index (κ3) is 3.47. The lowest BCUT2D eigenvalue weighted by Crippen LogP contribution is -2.28. The quantitative estimate of drug-likeness (QED) is 0.693. The minimum absolute atomic E-state index is 0.00877. The van der Waals surface area contributed by atoms with Gasteiger partial charge in [0, 0.05) is 25.2 Å². The Bertz CT molecular complexity index is 1020. The van der Waals surface area contributed by atoms with Crippen LogP contribution in [0.15, 0.2) is 54.7 Å². The van der Waals surface area contributed by atoms with Gasteiger partial charge in [-0.05, 0) is 65.1 Å². The maximum Gasteiger partial charge on any atom is 0.271 e. The smallest absolute Gasteiger partial charge is 0.271 e. The second-order valence-corrected chi connectivity index (χ2v) is 8.14. The van der Waals surface area contributed by atoms with Gasteiger partial charge in [-0.3, -0.25) is 9.89 Å². The fraction of sp³-hybridized carbons (Fsp3) is 0.333. The predicted molar refractivity (Wildman–Crippen MR) is 112 cm³/mol. The van der Waals surface area contributed by atoms with Gasteiger partial charge in [0.2, 0.25) is 0 Å². The number of amides is 1. The topological polar surface area (TPSA) is 69.2 Å². The number of nitrogens with one attached hydrogen (secondary N) is 1. The molecule has 5 heteroatoms. The number of likely N-dealkylation sites (tertiary alicyclic amines) is 1. The number of carbonyl (C=O) groups excluding carboxylic acids is 1. The van der Waals surface area contributed by atoms with Gasteiger partial charge in [0.05, 0.1) is 6.61 Å². The first-order valence-corrected chi connectivity index (χ1v) is 10.4. The summed E-state index contributed by atoms with van der Waals surface area (Å²) in [5, 5.41) is 16.7. The average Bonchev–Trinajstić information content (AvgIpc) is 3.26. The summed E-state index contributed by atoms with van der Waals surface area (Å²) in [6.45, 7) is 1.41. The van der Waals surface area contributed by atoms with Crippen LogP contribution in [0.3, 0.4) is 0 Å². The van der Waals surface area contributed by atoms with E-state index in [0.717, 1.165) is 24.1 Å². The first-order valence-electron chi connectivity index (χ1n) is 10.4. The second kappa shape index (κ2) is 7.48. The zero-order valence-corrected chi connectivity index (χ0v) is 16.3. The fourth-order valence-electron chi connectivity index (χ4n) is 4.56. The number of hydrogen-bond acceptors (Lipinski definition) is 3. The zero-order valence-electron chi connectivity index (χ0n) is 16.3. The molecule has 1 aromatic heterocycles. The number of hydrogen-bond donors (Lipinski definition) is 2. The van der Waals surface area contributed by atoms with Gasteiger partial charge in [-0.25, -0.2) is 0 Å². The van der Waals surface area contributed by atoms with E-state index in [1.165, 1.54) is 29.5 Å². The molecule has 1 atom stereocenters. The van der Waals surface area contributed by atoms with Gasteiger partial charge in [-0.15, -0.1) is 0 Å². The van der Waals surface area contributed by atoms with Crippen LogP contribution in [0.5, 0.6) is 0 Å². The van der Waals surface area contributed by atoms with Crippen LogP contribution in [-0.4, -0.2) is 39.2 Å². The first kappa shape index (κ1) is 18.1. The third-order valence-corrected chi connectivity index (χ3v) is 6.25. The number of aliphatic hydroxyl groups is 1. The number of benzene rings is 2. The van der Waals surface area contributed by atoms with Gasteiger partial charge in [-0.2, -0.15) is 5.10 Å². The molecular weight excluding hydrogens is 362 g/mol. The highest BCUT2D eigenvalue weighted by Crippen LogP contribution is 2.44. The molecule has 2 heterocycles. The largest absolute Gasteiger partial charge is 0.392 e. The van der Waals surface area contributed by atoms with E-state index in [9.17, 15) is 9.90 Å². The van der Waals surface area contributed by atoms with Crippen molar-refractivity contribution in [1.29, 1.82) is 0 Å². The van der Waals surface area contributed by atoms with E-state index in [2.05, 4.69) is 52.7 Å². The minimum Gasteiger partial charge on any atom is -0.392 e. The molecule has 0 bridgehead atoms. The number of nitrogens with zero attached hydrogens (tertiary/aromatic N) is 2. The van der Waals surface area contributed by atoms with Crippen molar-refractivity contribution in [2.45, 2.75) is 37.7 Å². The summed E-state index contributed by atoms with van der Waals surface area (Å²) >= 11 is 0. The van der Waals surface area contributed by atoms with Crippen molar-refractivity contribution in [2.24, 2.45) is 0 Å². The molecule has 148 valence electrons. The summed E-state index contributed by atoms with van der Waals surface area (Å²) in [6.07, 6.45) is 5.04. The molecule has 5 rings (SSSR count). The molecule has 2 N–H and O–H groups in total. The van der Waals surface area contributed by atoms with E-state index in [-0.39, 0.29) is 18.4 Å². The van der Waals surface area contributed by atoms with Crippen molar-refractivity contribution in [2.75, 3.05) is 13.1 Å². The summed E-state index contributed by atoms with van der Waals surface area (Å²) in [7, 11) is 0. The highest BCUT2D eigenvalue weighted by atomic mass is 16.3. The zero-order chi connectivity index (χ0) is 19.8. The highest BCUT2D eigenvalue weighted by molar-refractivity contribution is 5.92. The van der Waals surface area contributed by atoms with Gasteiger partial charge >= 0.3 is 0 Å². The Morgan fingerprint density at radius 1 is 1.07 bits per heavy atom. The lowest BCUT2D eigenvalue weighted by Gasteiger charge is -2.18. The summed E-state index contributed by atoms with van der Waals surface area (Å²) < 4.78 is 0. The number of aliphatic hydroxyl groups excluding tert-OH is 1.